The number of hydrogen-bond acceptors (Lipinski definition) is 3. The Balaban J connectivity index is 2.10. The summed E-state index contributed by atoms with van der Waals surface area (Å²) in [5.41, 5.74) is 2.08. The first kappa shape index (κ1) is 13.9. The van der Waals surface area contributed by atoms with Gasteiger partial charge in [-0.25, -0.2) is 0 Å². The Morgan fingerprint density at radius 1 is 1.37 bits per heavy atom. The van der Waals surface area contributed by atoms with E-state index in [-0.39, 0.29) is 6.04 Å². The summed E-state index contributed by atoms with van der Waals surface area (Å²) in [4.78, 5) is 2.29. The maximum absolute atomic E-state index is 10.2. The lowest BCUT2D eigenvalue weighted by molar-refractivity contribution is 0.452. The van der Waals surface area contributed by atoms with Crippen LogP contribution in [0.4, 0.5) is 5.69 Å². The van der Waals surface area contributed by atoms with Crippen molar-refractivity contribution in [2.24, 2.45) is 0 Å². The van der Waals surface area contributed by atoms with E-state index in [4.69, 9.17) is 0 Å². The van der Waals surface area contributed by atoms with Crippen LogP contribution >= 0.6 is 0 Å². The van der Waals surface area contributed by atoms with E-state index in [9.17, 15) is 5.11 Å². The van der Waals surface area contributed by atoms with Gasteiger partial charge in [-0.05, 0) is 32.4 Å². The molecule has 1 aromatic rings. The molecule has 1 aliphatic rings. The molecule has 104 valence electrons. The summed E-state index contributed by atoms with van der Waals surface area (Å²) in [7, 11) is 0. The van der Waals surface area contributed by atoms with Gasteiger partial charge in [-0.2, -0.15) is 0 Å². The van der Waals surface area contributed by atoms with Gasteiger partial charge in [0.25, 0.3) is 0 Å². The number of hydrogen-bond donors (Lipinski definition) is 2. The first-order chi connectivity index (χ1) is 9.22. The summed E-state index contributed by atoms with van der Waals surface area (Å²) in [5.74, 6) is 0.392. The summed E-state index contributed by atoms with van der Waals surface area (Å²) in [6.07, 6.45) is 6.57. The molecule has 0 saturated carbocycles. The minimum absolute atomic E-state index is 0.190. The Kier molecular flexibility index (Phi) is 4.86. The number of aromatic hydroxyl groups is 1. The van der Waals surface area contributed by atoms with Crippen molar-refractivity contribution in [2.75, 3.05) is 24.5 Å². The van der Waals surface area contributed by atoms with Crippen molar-refractivity contribution in [3.8, 4) is 5.75 Å². The van der Waals surface area contributed by atoms with Gasteiger partial charge in [0, 0.05) is 36.4 Å². The number of phenols is 1. The van der Waals surface area contributed by atoms with Crippen LogP contribution in [0.15, 0.2) is 30.4 Å². The Bertz CT molecular complexity index is 442. The molecule has 2 N–H and O–H groups in total. The fraction of sp³-hybridized carbons (Fsp3) is 0.500. The van der Waals surface area contributed by atoms with Gasteiger partial charge in [0.05, 0.1) is 0 Å². The van der Waals surface area contributed by atoms with Crippen molar-refractivity contribution in [3.05, 3.63) is 35.9 Å². The average molecular weight is 260 g/mol. The van der Waals surface area contributed by atoms with E-state index in [1.165, 1.54) is 0 Å². The molecule has 3 nitrogen and oxygen atoms in total. The molecule has 0 bridgehead atoms. The SMILES string of the molecule is CCCNC(C)c1ccc(N2CC=CCC2)cc1O. The zero-order valence-electron chi connectivity index (χ0n) is 11.9. The molecule has 1 aromatic carbocycles. The van der Waals surface area contributed by atoms with Crippen molar-refractivity contribution >= 4 is 5.69 Å². The van der Waals surface area contributed by atoms with Crippen molar-refractivity contribution < 1.29 is 5.11 Å². The smallest absolute Gasteiger partial charge is 0.122 e. The highest BCUT2D eigenvalue weighted by atomic mass is 16.3. The quantitative estimate of drug-likeness (QED) is 0.798. The Morgan fingerprint density at radius 2 is 2.21 bits per heavy atom. The summed E-state index contributed by atoms with van der Waals surface area (Å²) < 4.78 is 0. The van der Waals surface area contributed by atoms with Gasteiger partial charge in [-0.1, -0.05) is 25.1 Å². The largest absolute Gasteiger partial charge is 0.508 e. The first-order valence-electron chi connectivity index (χ1n) is 7.18. The fourth-order valence-electron chi connectivity index (χ4n) is 2.44. The van der Waals surface area contributed by atoms with E-state index in [0.29, 0.717) is 5.75 Å². The van der Waals surface area contributed by atoms with E-state index < -0.39 is 0 Å². The van der Waals surface area contributed by atoms with Gasteiger partial charge < -0.3 is 15.3 Å². The number of nitrogens with zero attached hydrogens (tertiary/aromatic N) is 1. The third-order valence-corrected chi connectivity index (χ3v) is 3.60. The lowest BCUT2D eigenvalue weighted by Gasteiger charge is -2.26. The van der Waals surface area contributed by atoms with Crippen LogP contribution in [0.3, 0.4) is 0 Å². The molecule has 0 saturated heterocycles. The molecular weight excluding hydrogens is 236 g/mol. The average Bonchev–Trinajstić information content (AvgIpc) is 2.45. The molecule has 0 amide bonds. The van der Waals surface area contributed by atoms with Crippen LogP contribution in [0.5, 0.6) is 5.75 Å². The molecule has 1 heterocycles. The van der Waals surface area contributed by atoms with Crippen molar-refractivity contribution in [1.82, 2.24) is 5.32 Å². The highest BCUT2D eigenvalue weighted by Gasteiger charge is 2.13. The summed E-state index contributed by atoms with van der Waals surface area (Å²) >= 11 is 0. The molecule has 0 aromatic heterocycles. The second-order valence-electron chi connectivity index (χ2n) is 5.13. The molecule has 19 heavy (non-hydrogen) atoms. The lowest BCUT2D eigenvalue weighted by Crippen LogP contribution is -2.26. The minimum atomic E-state index is 0.190. The number of nitrogens with one attached hydrogen (secondary N) is 1. The number of phenolic OH excluding ortho intramolecular Hbond substituents is 1. The lowest BCUT2D eigenvalue weighted by atomic mass is 10.1. The molecule has 1 atom stereocenters. The van der Waals surface area contributed by atoms with Crippen LogP contribution in [-0.2, 0) is 0 Å². The predicted octanol–water partition coefficient (Wildman–Crippen LogP) is 3.22. The third-order valence-electron chi connectivity index (χ3n) is 3.60. The van der Waals surface area contributed by atoms with E-state index in [1.54, 1.807) is 0 Å². The number of benzene rings is 1. The maximum atomic E-state index is 10.2. The van der Waals surface area contributed by atoms with E-state index in [1.807, 2.05) is 12.1 Å². The molecule has 1 aliphatic heterocycles. The van der Waals surface area contributed by atoms with Gasteiger partial charge in [-0.15, -0.1) is 0 Å². The van der Waals surface area contributed by atoms with E-state index in [2.05, 4.69) is 42.3 Å². The highest BCUT2D eigenvalue weighted by Crippen LogP contribution is 2.29. The van der Waals surface area contributed by atoms with E-state index >= 15 is 0 Å². The number of anilines is 1. The molecule has 1 unspecified atom stereocenters. The normalized spacial score (nSPS) is 16.6. The van der Waals surface area contributed by atoms with Crippen LogP contribution < -0.4 is 10.2 Å². The second-order valence-corrected chi connectivity index (χ2v) is 5.13. The Morgan fingerprint density at radius 3 is 2.84 bits per heavy atom. The standard InChI is InChI=1S/C16H24N2O/c1-3-9-17-13(2)15-8-7-14(12-16(15)19)18-10-5-4-6-11-18/h4-5,7-8,12-13,17,19H,3,6,9-11H2,1-2H3. The summed E-state index contributed by atoms with van der Waals surface area (Å²) in [6.45, 7) is 7.17. The van der Waals surface area contributed by atoms with Crippen LogP contribution in [0.25, 0.3) is 0 Å². The monoisotopic (exact) mass is 260 g/mol. The van der Waals surface area contributed by atoms with E-state index in [0.717, 1.165) is 43.7 Å². The molecule has 0 spiro atoms. The molecule has 3 heteroatoms. The van der Waals surface area contributed by atoms with Crippen LogP contribution in [-0.4, -0.2) is 24.7 Å². The van der Waals surface area contributed by atoms with Gasteiger partial charge in [-0.3, -0.25) is 0 Å². The maximum Gasteiger partial charge on any atom is 0.122 e. The highest BCUT2D eigenvalue weighted by molar-refractivity contribution is 5.54. The Labute approximate surface area is 115 Å². The van der Waals surface area contributed by atoms with Crippen LogP contribution in [0.1, 0.15) is 38.3 Å². The zero-order chi connectivity index (χ0) is 13.7. The number of rotatable bonds is 5. The molecule has 0 aliphatic carbocycles. The van der Waals surface area contributed by atoms with Crippen LogP contribution in [0.2, 0.25) is 0 Å². The van der Waals surface area contributed by atoms with Crippen molar-refractivity contribution in [3.63, 3.8) is 0 Å². The van der Waals surface area contributed by atoms with Crippen molar-refractivity contribution in [1.29, 1.82) is 0 Å². The van der Waals surface area contributed by atoms with Gasteiger partial charge in [0.15, 0.2) is 0 Å². The van der Waals surface area contributed by atoms with Gasteiger partial charge >= 0.3 is 0 Å². The summed E-state index contributed by atoms with van der Waals surface area (Å²) in [5, 5.41) is 13.6. The molecule has 0 radical (unpaired) electrons. The first-order valence-corrected chi connectivity index (χ1v) is 7.18. The minimum Gasteiger partial charge on any atom is -0.508 e. The van der Waals surface area contributed by atoms with Crippen LogP contribution in [0, 0.1) is 0 Å². The molecule has 0 fully saturated rings. The van der Waals surface area contributed by atoms with Crippen molar-refractivity contribution in [2.45, 2.75) is 32.7 Å². The fourth-order valence-corrected chi connectivity index (χ4v) is 2.44. The van der Waals surface area contributed by atoms with Gasteiger partial charge in [0.2, 0.25) is 0 Å². The second kappa shape index (κ2) is 6.62. The molecular formula is C16H24N2O. The summed E-state index contributed by atoms with van der Waals surface area (Å²) in [6, 6.07) is 6.23. The van der Waals surface area contributed by atoms with Gasteiger partial charge in [0.1, 0.15) is 5.75 Å². The molecule has 2 rings (SSSR count). The zero-order valence-corrected chi connectivity index (χ0v) is 11.9. The Hall–Kier alpha value is -1.48. The predicted molar refractivity (Wildman–Crippen MR) is 80.8 cm³/mol. The topological polar surface area (TPSA) is 35.5 Å². The third kappa shape index (κ3) is 3.51.